The molecule has 1 aliphatic rings. The van der Waals surface area contributed by atoms with E-state index in [-0.39, 0.29) is 30.1 Å². The summed E-state index contributed by atoms with van der Waals surface area (Å²) in [4.78, 5) is 27.2. The summed E-state index contributed by atoms with van der Waals surface area (Å²) in [6, 6.07) is 9.66. The van der Waals surface area contributed by atoms with Gasteiger partial charge in [-0.15, -0.1) is 11.3 Å². The van der Waals surface area contributed by atoms with Gasteiger partial charge < -0.3 is 10.2 Å². The number of thiophene rings is 1. The van der Waals surface area contributed by atoms with Gasteiger partial charge >= 0.3 is 0 Å². The molecule has 1 aromatic heterocycles. The molecule has 23 heavy (non-hydrogen) atoms. The molecule has 2 aromatic rings. The molecule has 0 spiro atoms. The topological polar surface area (TPSA) is 49.4 Å². The zero-order chi connectivity index (χ0) is 16.4. The van der Waals surface area contributed by atoms with Gasteiger partial charge in [-0.2, -0.15) is 0 Å². The third kappa shape index (κ3) is 3.27. The summed E-state index contributed by atoms with van der Waals surface area (Å²) in [6.45, 7) is 0.324. The summed E-state index contributed by atoms with van der Waals surface area (Å²) in [5, 5.41) is 4.80. The van der Waals surface area contributed by atoms with E-state index in [4.69, 9.17) is 0 Å². The Morgan fingerprint density at radius 2 is 2.09 bits per heavy atom. The van der Waals surface area contributed by atoms with Crippen LogP contribution in [0.4, 0.5) is 4.39 Å². The number of amides is 2. The van der Waals surface area contributed by atoms with Crippen molar-refractivity contribution in [2.45, 2.75) is 19.0 Å². The molecule has 2 heterocycles. The molecule has 0 unspecified atom stereocenters. The molecule has 3 rings (SSSR count). The highest BCUT2D eigenvalue weighted by Gasteiger charge is 2.43. The summed E-state index contributed by atoms with van der Waals surface area (Å²) >= 11 is 1.55. The molecule has 1 fully saturated rings. The Labute approximate surface area is 137 Å². The van der Waals surface area contributed by atoms with E-state index in [9.17, 15) is 14.0 Å². The minimum absolute atomic E-state index is 0.0228. The Balaban J connectivity index is 1.70. The lowest BCUT2D eigenvalue weighted by molar-refractivity contribution is -0.128. The molecule has 4 nitrogen and oxygen atoms in total. The average molecular weight is 332 g/mol. The molecule has 1 aliphatic heterocycles. The van der Waals surface area contributed by atoms with Gasteiger partial charge in [0.05, 0.1) is 12.0 Å². The average Bonchev–Trinajstić information content (AvgIpc) is 3.15. The van der Waals surface area contributed by atoms with Crippen molar-refractivity contribution in [2.75, 3.05) is 7.05 Å². The number of likely N-dealkylation sites (tertiary alicyclic amines) is 1. The smallest absolute Gasteiger partial charge is 0.226 e. The van der Waals surface area contributed by atoms with Gasteiger partial charge in [-0.25, -0.2) is 4.39 Å². The van der Waals surface area contributed by atoms with Crippen LogP contribution < -0.4 is 5.32 Å². The van der Waals surface area contributed by atoms with Gasteiger partial charge in [0.1, 0.15) is 5.82 Å². The van der Waals surface area contributed by atoms with Crippen molar-refractivity contribution in [3.63, 3.8) is 0 Å². The van der Waals surface area contributed by atoms with Crippen molar-refractivity contribution in [2.24, 2.45) is 5.92 Å². The molecular formula is C17H17FN2O2S. The number of hydrogen-bond acceptors (Lipinski definition) is 3. The first kappa shape index (κ1) is 15.7. The number of benzene rings is 1. The fourth-order valence-corrected chi connectivity index (χ4v) is 3.81. The molecule has 1 aromatic carbocycles. The molecule has 2 amide bonds. The Bertz CT molecular complexity index is 700. The Kier molecular flexibility index (Phi) is 4.43. The molecule has 0 saturated carbocycles. The minimum atomic E-state index is -0.397. The van der Waals surface area contributed by atoms with Gasteiger partial charge in [0, 0.05) is 24.9 Å². The summed E-state index contributed by atoms with van der Waals surface area (Å²) in [7, 11) is 1.74. The Morgan fingerprint density at radius 3 is 2.74 bits per heavy atom. The predicted molar refractivity (Wildman–Crippen MR) is 86.2 cm³/mol. The van der Waals surface area contributed by atoms with Crippen molar-refractivity contribution in [3.05, 3.63) is 58.0 Å². The zero-order valence-electron chi connectivity index (χ0n) is 12.7. The first-order valence-electron chi connectivity index (χ1n) is 7.37. The lowest BCUT2D eigenvalue weighted by atomic mass is 9.98. The predicted octanol–water partition coefficient (Wildman–Crippen LogP) is 2.72. The van der Waals surface area contributed by atoms with E-state index in [0.717, 1.165) is 10.4 Å². The quantitative estimate of drug-likeness (QED) is 0.936. The van der Waals surface area contributed by atoms with Crippen LogP contribution in [-0.2, 0) is 16.1 Å². The second kappa shape index (κ2) is 6.50. The number of nitrogens with zero attached hydrogens (tertiary/aromatic N) is 1. The fourth-order valence-electron chi connectivity index (χ4n) is 2.88. The third-order valence-electron chi connectivity index (χ3n) is 4.14. The van der Waals surface area contributed by atoms with E-state index in [2.05, 4.69) is 5.32 Å². The van der Waals surface area contributed by atoms with Crippen LogP contribution in [0, 0.1) is 11.7 Å². The van der Waals surface area contributed by atoms with Crippen molar-refractivity contribution >= 4 is 23.2 Å². The number of hydrogen-bond donors (Lipinski definition) is 1. The number of nitrogens with one attached hydrogen (secondary N) is 1. The molecule has 6 heteroatoms. The maximum absolute atomic E-state index is 12.9. The highest BCUT2D eigenvalue weighted by Crippen LogP contribution is 2.39. The van der Waals surface area contributed by atoms with Crippen LogP contribution in [0.2, 0.25) is 0 Å². The van der Waals surface area contributed by atoms with Crippen LogP contribution in [0.25, 0.3) is 0 Å². The summed E-state index contributed by atoms with van der Waals surface area (Å²) in [6.07, 6.45) is 0.217. The second-order valence-corrected chi connectivity index (χ2v) is 6.60. The van der Waals surface area contributed by atoms with Gasteiger partial charge in [0.25, 0.3) is 0 Å². The SMILES string of the molecule is CN1C(=O)C[C@H](C(=O)NCc2ccc(F)cc2)[C@H]1c1cccs1. The zero-order valence-corrected chi connectivity index (χ0v) is 13.5. The highest BCUT2D eigenvalue weighted by atomic mass is 32.1. The lowest BCUT2D eigenvalue weighted by Gasteiger charge is -2.23. The molecule has 0 aliphatic carbocycles. The van der Waals surface area contributed by atoms with E-state index < -0.39 is 5.92 Å². The largest absolute Gasteiger partial charge is 0.352 e. The summed E-state index contributed by atoms with van der Waals surface area (Å²) < 4.78 is 12.9. The van der Waals surface area contributed by atoms with Crippen molar-refractivity contribution in [1.82, 2.24) is 10.2 Å². The molecule has 0 bridgehead atoms. The van der Waals surface area contributed by atoms with E-state index in [1.165, 1.54) is 12.1 Å². The van der Waals surface area contributed by atoms with Crippen LogP contribution in [-0.4, -0.2) is 23.8 Å². The molecule has 2 atom stereocenters. The standard InChI is InChI=1S/C17H17FN2O2S/c1-20-15(21)9-13(16(20)14-3-2-8-23-14)17(22)19-10-11-4-6-12(18)7-5-11/h2-8,13,16H,9-10H2,1H3,(H,19,22)/t13-,16-/m0/s1. The number of halogens is 1. The monoisotopic (exact) mass is 332 g/mol. The van der Waals surface area contributed by atoms with E-state index in [0.29, 0.717) is 6.54 Å². The van der Waals surface area contributed by atoms with Gasteiger partial charge in [0.2, 0.25) is 11.8 Å². The van der Waals surface area contributed by atoms with Gasteiger partial charge in [0.15, 0.2) is 0 Å². The highest BCUT2D eigenvalue weighted by molar-refractivity contribution is 7.10. The van der Waals surface area contributed by atoms with E-state index >= 15 is 0 Å². The molecule has 0 radical (unpaired) electrons. The van der Waals surface area contributed by atoms with E-state index in [1.54, 1.807) is 35.4 Å². The lowest BCUT2D eigenvalue weighted by Crippen LogP contribution is -2.33. The normalized spacial score (nSPS) is 20.8. The number of rotatable bonds is 4. The van der Waals surface area contributed by atoms with Crippen LogP contribution in [0.15, 0.2) is 41.8 Å². The van der Waals surface area contributed by atoms with Crippen molar-refractivity contribution in [1.29, 1.82) is 0 Å². The Hall–Kier alpha value is -2.21. The van der Waals surface area contributed by atoms with Crippen LogP contribution in [0.5, 0.6) is 0 Å². The van der Waals surface area contributed by atoms with Crippen molar-refractivity contribution < 1.29 is 14.0 Å². The first-order valence-corrected chi connectivity index (χ1v) is 8.25. The fraction of sp³-hybridized carbons (Fsp3) is 0.294. The van der Waals surface area contributed by atoms with Gasteiger partial charge in [-0.3, -0.25) is 9.59 Å². The van der Waals surface area contributed by atoms with Gasteiger partial charge in [-0.1, -0.05) is 18.2 Å². The maximum atomic E-state index is 12.9. The van der Waals surface area contributed by atoms with Crippen LogP contribution in [0.1, 0.15) is 22.9 Å². The molecular weight excluding hydrogens is 315 g/mol. The summed E-state index contributed by atoms with van der Waals surface area (Å²) in [5.74, 6) is -0.872. The molecule has 1 N–H and O–H groups in total. The second-order valence-electron chi connectivity index (χ2n) is 5.62. The summed E-state index contributed by atoms with van der Waals surface area (Å²) in [5.41, 5.74) is 0.824. The Morgan fingerprint density at radius 1 is 1.35 bits per heavy atom. The van der Waals surface area contributed by atoms with Gasteiger partial charge in [-0.05, 0) is 29.1 Å². The van der Waals surface area contributed by atoms with Crippen LogP contribution in [0.3, 0.4) is 0 Å². The maximum Gasteiger partial charge on any atom is 0.226 e. The third-order valence-corrected chi connectivity index (χ3v) is 5.08. The van der Waals surface area contributed by atoms with Crippen LogP contribution >= 0.6 is 11.3 Å². The number of carbonyl (C=O) groups is 2. The van der Waals surface area contributed by atoms with Crippen molar-refractivity contribution in [3.8, 4) is 0 Å². The molecule has 1 saturated heterocycles. The minimum Gasteiger partial charge on any atom is -0.352 e. The first-order chi connectivity index (χ1) is 11.1. The van der Waals surface area contributed by atoms with E-state index in [1.807, 2.05) is 17.5 Å². The number of carbonyl (C=O) groups excluding carboxylic acids is 2. The molecule has 120 valence electrons.